The van der Waals surface area contributed by atoms with Gasteiger partial charge in [-0.3, -0.25) is 18.5 Å². The largest absolute Gasteiger partial charge is 0.491 e. The van der Waals surface area contributed by atoms with Crippen LogP contribution in [-0.4, -0.2) is 57.5 Å². The van der Waals surface area contributed by atoms with Gasteiger partial charge < -0.3 is 19.7 Å². The number of aryl methyl sites for hydroxylation is 1. The molecule has 8 atom stereocenters. The number of aromatic nitrogens is 2. The van der Waals surface area contributed by atoms with Crippen molar-refractivity contribution in [1.82, 2.24) is 15.1 Å². The predicted molar refractivity (Wildman–Crippen MR) is 195 cm³/mol. The number of nitrogens with zero attached hydrogens (tertiary/aromatic N) is 4. The van der Waals surface area contributed by atoms with E-state index in [1.165, 1.54) is 22.0 Å². The molecule has 3 aromatic rings. The fourth-order valence-electron chi connectivity index (χ4n) is 7.66. The molecule has 1 aromatic heterocycles. The molecule has 3 heterocycles. The molecule has 2 aromatic carbocycles. The van der Waals surface area contributed by atoms with Gasteiger partial charge in [0, 0.05) is 49.9 Å². The van der Waals surface area contributed by atoms with Crippen LogP contribution in [0.5, 0.6) is 5.75 Å². The quantitative estimate of drug-likeness (QED) is 0.240. The van der Waals surface area contributed by atoms with Crippen molar-refractivity contribution in [2.75, 3.05) is 25.2 Å². The Balaban J connectivity index is 1.30. The van der Waals surface area contributed by atoms with Crippen LogP contribution in [0.1, 0.15) is 70.4 Å². The molecule has 1 fully saturated rings. The fraction of sp³-hybridized carbons (Fsp3) is 0.447. The summed E-state index contributed by atoms with van der Waals surface area (Å²) in [7, 11) is 0.927. The minimum Gasteiger partial charge on any atom is -0.491 e. The zero-order valence-corrected chi connectivity index (χ0v) is 30.2. The van der Waals surface area contributed by atoms with E-state index in [-0.39, 0.29) is 17.9 Å². The van der Waals surface area contributed by atoms with Gasteiger partial charge in [0.05, 0.1) is 40.8 Å². The van der Waals surface area contributed by atoms with Crippen molar-refractivity contribution in [3.8, 4) is 5.75 Å². The predicted octanol–water partition coefficient (Wildman–Crippen LogP) is 6.33. The molecule has 264 valence electrons. The van der Waals surface area contributed by atoms with Crippen molar-refractivity contribution in [3.63, 3.8) is 0 Å². The summed E-state index contributed by atoms with van der Waals surface area (Å²) in [6.45, 7) is 3.76. The average molecular weight is 718 g/mol. The van der Waals surface area contributed by atoms with E-state index in [0.717, 1.165) is 31.5 Å². The van der Waals surface area contributed by atoms with Gasteiger partial charge in [-0.1, -0.05) is 48.9 Å². The van der Waals surface area contributed by atoms with E-state index in [1.807, 2.05) is 31.2 Å². The molecule has 7 rings (SSSR count). The number of rotatable bonds is 3. The van der Waals surface area contributed by atoms with Gasteiger partial charge in [0.25, 0.3) is 11.8 Å². The van der Waals surface area contributed by atoms with E-state index >= 15 is 0 Å². The maximum absolute atomic E-state index is 13.9. The van der Waals surface area contributed by atoms with Gasteiger partial charge in [0.15, 0.2) is 0 Å². The number of thiol groups is 1. The highest BCUT2D eigenvalue weighted by Crippen LogP contribution is 2.45. The first-order valence-corrected chi connectivity index (χ1v) is 19.0. The second kappa shape index (κ2) is 14.7. The van der Waals surface area contributed by atoms with E-state index in [2.05, 4.69) is 50.0 Å². The van der Waals surface area contributed by atoms with E-state index in [9.17, 15) is 13.8 Å². The number of carbonyl (C=O) groups excluding carboxylic acids is 2. The van der Waals surface area contributed by atoms with Crippen LogP contribution >= 0.6 is 11.6 Å². The number of carbonyl (C=O) groups is 2. The highest BCUT2D eigenvalue weighted by molar-refractivity contribution is 7.76. The molecule has 10 nitrogen and oxygen atoms in total. The van der Waals surface area contributed by atoms with Crippen LogP contribution in [0.3, 0.4) is 0 Å². The lowest BCUT2D eigenvalue weighted by molar-refractivity contribution is 0.0133. The molecule has 2 amide bonds. The summed E-state index contributed by atoms with van der Waals surface area (Å²) in [6.07, 6.45) is 15.0. The molecule has 0 radical (unpaired) electrons. The first kappa shape index (κ1) is 34.5. The summed E-state index contributed by atoms with van der Waals surface area (Å²) >= 11 is 6.56. The topological polar surface area (TPSA) is 115 Å². The molecule has 1 saturated carbocycles. The molecular weight excluding hydrogens is 674 g/mol. The van der Waals surface area contributed by atoms with Crippen molar-refractivity contribution >= 4 is 39.7 Å². The SMILES string of the molecule is CO[C@H]1/C=C/C[C@H](C)C(NC(=O)c2cnn(C)c2)/[SH](=O)=N\C(=O)c2ccc3c(c2)N(Cc2ccc(Cl)cc2[C@H]2C=C[C@H]2CCO3)C[C@@H]2CC[C@H]21. The van der Waals surface area contributed by atoms with E-state index in [1.54, 1.807) is 26.4 Å². The third-order valence-electron chi connectivity index (χ3n) is 10.8. The summed E-state index contributed by atoms with van der Waals surface area (Å²) in [5.41, 5.74) is 3.84. The van der Waals surface area contributed by atoms with E-state index < -0.39 is 27.8 Å². The van der Waals surface area contributed by atoms with E-state index in [4.69, 9.17) is 21.1 Å². The minimum atomic E-state index is -2.54. The Morgan fingerprint density at radius 3 is 2.70 bits per heavy atom. The van der Waals surface area contributed by atoms with Crippen molar-refractivity contribution in [2.24, 2.45) is 35.1 Å². The van der Waals surface area contributed by atoms with Crippen molar-refractivity contribution < 1.29 is 23.3 Å². The van der Waals surface area contributed by atoms with Crippen molar-refractivity contribution in [3.05, 3.63) is 100 Å². The highest BCUT2D eigenvalue weighted by atomic mass is 35.5. The van der Waals surface area contributed by atoms with Crippen LogP contribution < -0.4 is 15.0 Å². The summed E-state index contributed by atoms with van der Waals surface area (Å²) in [6, 6.07) is 11.5. The molecule has 0 saturated heterocycles. The average Bonchev–Trinajstić information content (AvgIpc) is 3.51. The van der Waals surface area contributed by atoms with Crippen molar-refractivity contribution in [1.29, 1.82) is 0 Å². The summed E-state index contributed by atoms with van der Waals surface area (Å²) in [4.78, 5) is 29.3. The van der Waals surface area contributed by atoms with Gasteiger partial charge >= 0.3 is 0 Å². The molecule has 2 aliphatic heterocycles. The van der Waals surface area contributed by atoms with Crippen LogP contribution in [0.2, 0.25) is 5.02 Å². The second-order valence-electron chi connectivity index (χ2n) is 14.0. The fourth-order valence-corrected chi connectivity index (χ4v) is 9.04. The standard InChI is InChI=1S/C38H44ClN5O5S/c1-23-5-4-6-34(48-3)31-13-9-26(31)21-44-22-27-7-11-29(39)18-32(27)30-12-8-24(30)15-16-49-35-14-10-25(17-33(35)44)37(46)42-50(47)38(23)41-36(45)28-19-40-43(2)20-28/h4,6-8,10-12,14,17-20,23-24,26,30-31,34,38,50H,5,9,13,15-16,21-22H2,1-3H3,(H,41,45)/b6-4+/t23-,24-,26-,30-,31+,34-,38?/m0/s1. The second-order valence-corrected chi connectivity index (χ2v) is 15.8. The Morgan fingerprint density at radius 2 is 1.98 bits per heavy atom. The number of nitrogens with one attached hydrogen (secondary N) is 1. The van der Waals surface area contributed by atoms with Gasteiger partial charge in [-0.05, 0) is 90.8 Å². The lowest BCUT2D eigenvalue weighted by atomic mass is 9.70. The van der Waals surface area contributed by atoms with Gasteiger partial charge in [0.2, 0.25) is 0 Å². The third kappa shape index (κ3) is 7.13. The third-order valence-corrected chi connectivity index (χ3v) is 12.5. The summed E-state index contributed by atoms with van der Waals surface area (Å²) < 4.78 is 32.1. The first-order chi connectivity index (χ1) is 24.2. The molecular formula is C38H44ClN5O5S. The number of fused-ring (bicyclic) bond motifs is 5. The smallest absolute Gasteiger partial charge is 0.285 e. The normalized spacial score (nSPS) is 30.4. The highest BCUT2D eigenvalue weighted by Gasteiger charge is 2.38. The number of anilines is 1. The van der Waals surface area contributed by atoms with Gasteiger partial charge in [0.1, 0.15) is 11.1 Å². The number of halogens is 1. The maximum Gasteiger partial charge on any atom is 0.285 e. The van der Waals surface area contributed by atoms with Crippen LogP contribution in [0, 0.1) is 23.7 Å². The molecule has 2 unspecified atom stereocenters. The number of hydrogen-bond acceptors (Lipinski definition) is 7. The molecule has 2 aliphatic carbocycles. The summed E-state index contributed by atoms with van der Waals surface area (Å²) in [5.74, 6) is 0.632. The number of hydrogen-bond donors (Lipinski definition) is 2. The monoisotopic (exact) mass is 717 g/mol. The molecule has 2 bridgehead atoms. The van der Waals surface area contributed by atoms with Crippen LogP contribution in [0.25, 0.3) is 0 Å². The van der Waals surface area contributed by atoms with Gasteiger partial charge in [-0.2, -0.15) is 9.46 Å². The Bertz CT molecular complexity index is 1920. The lowest BCUT2D eigenvalue weighted by Gasteiger charge is -2.43. The van der Waals surface area contributed by atoms with Crippen molar-refractivity contribution in [2.45, 2.75) is 56.5 Å². The Morgan fingerprint density at radius 1 is 1.12 bits per heavy atom. The summed E-state index contributed by atoms with van der Waals surface area (Å²) in [5, 5.41) is 6.81. The van der Waals surface area contributed by atoms with Crippen LogP contribution in [0.4, 0.5) is 5.69 Å². The van der Waals surface area contributed by atoms with Gasteiger partial charge in [-0.25, -0.2) is 0 Å². The Kier molecular flexibility index (Phi) is 10.2. The molecule has 0 spiro atoms. The van der Waals surface area contributed by atoms with Crippen LogP contribution in [-0.2, 0) is 28.9 Å². The zero-order valence-electron chi connectivity index (χ0n) is 28.6. The molecule has 12 heteroatoms. The zero-order chi connectivity index (χ0) is 34.9. The number of allylic oxidation sites excluding steroid dienone is 3. The number of ether oxygens (including phenoxy) is 2. The molecule has 50 heavy (non-hydrogen) atoms. The number of benzene rings is 2. The number of methoxy groups -OCH3 is 1. The molecule has 4 aliphatic rings. The Labute approximate surface area is 300 Å². The molecule has 1 N–H and O–H groups in total. The maximum atomic E-state index is 13.9. The van der Waals surface area contributed by atoms with Gasteiger partial charge in [-0.15, -0.1) is 0 Å². The lowest BCUT2D eigenvalue weighted by Crippen LogP contribution is -2.43. The number of amides is 2. The van der Waals surface area contributed by atoms with Crippen LogP contribution in [0.15, 0.2) is 77.5 Å². The minimum absolute atomic E-state index is 0.102. The van der Waals surface area contributed by atoms with E-state index in [0.29, 0.717) is 59.2 Å². The first-order valence-electron chi connectivity index (χ1n) is 17.4. The Hall–Kier alpha value is -3.93.